The van der Waals surface area contributed by atoms with E-state index >= 15 is 0 Å². The van der Waals surface area contributed by atoms with Gasteiger partial charge in [0.15, 0.2) is 0 Å². The number of aromatic nitrogens is 5. The van der Waals surface area contributed by atoms with Gasteiger partial charge in [0.05, 0.1) is 5.25 Å². The summed E-state index contributed by atoms with van der Waals surface area (Å²) in [6.45, 7) is 0.928. The van der Waals surface area contributed by atoms with E-state index in [1.54, 1.807) is 9.21 Å². The van der Waals surface area contributed by atoms with Crippen molar-refractivity contribution in [1.29, 1.82) is 0 Å². The fraction of sp³-hybridized carbons (Fsp3) is 0.500. The summed E-state index contributed by atoms with van der Waals surface area (Å²) in [4.78, 5) is 19.2. The van der Waals surface area contributed by atoms with Gasteiger partial charge in [0.1, 0.15) is 0 Å². The molecule has 1 aliphatic heterocycles. The molecule has 2 aromatic heterocycles. The van der Waals surface area contributed by atoms with Gasteiger partial charge in [-0.1, -0.05) is 36.2 Å². The number of piperidine rings is 1. The predicted octanol–water partition coefficient (Wildman–Crippen LogP) is 2.72. The number of anilines is 3. The zero-order valence-corrected chi connectivity index (χ0v) is 19.9. The van der Waals surface area contributed by atoms with Crippen molar-refractivity contribution in [1.82, 2.24) is 29.4 Å². The van der Waals surface area contributed by atoms with E-state index in [4.69, 9.17) is 10.3 Å². The molecule has 0 amide bonds. The van der Waals surface area contributed by atoms with Crippen LogP contribution in [-0.2, 0) is 10.0 Å². The number of benzene rings is 1. The minimum absolute atomic E-state index is 0.0121. The Balaban J connectivity index is 1.30. The highest BCUT2D eigenvalue weighted by atomic mass is 32.2. The van der Waals surface area contributed by atoms with Crippen molar-refractivity contribution in [2.75, 3.05) is 30.8 Å². The molecule has 5 rings (SSSR count). The standard InChI is InChI=1S/C22H28N8O3S/c1-29(16-7-3-2-4-8-16)22-26-18(25-21(23)27-22)19-24-20(33-28-19)15-11-13-30(14-12-15)34(31,32)17-9-5-6-10-17/h2-4,7-8,15,17H,5-6,9-14H2,1H3,(H2,23,25,26,27). The van der Waals surface area contributed by atoms with Crippen molar-refractivity contribution in [3.05, 3.63) is 36.2 Å². The molecule has 1 aromatic carbocycles. The van der Waals surface area contributed by atoms with Crippen LogP contribution >= 0.6 is 0 Å². The van der Waals surface area contributed by atoms with E-state index < -0.39 is 10.0 Å². The SMILES string of the molecule is CN(c1ccccc1)c1nc(N)nc(-c2noc(C3CCN(S(=O)(=O)C4CCCC4)CC3)n2)n1. The number of nitrogen functional groups attached to an aromatic ring is 1. The first-order chi connectivity index (χ1) is 16.4. The Morgan fingerprint density at radius 2 is 1.68 bits per heavy atom. The monoisotopic (exact) mass is 484 g/mol. The van der Waals surface area contributed by atoms with Crippen LogP contribution in [0, 0.1) is 0 Å². The number of sulfonamides is 1. The number of nitrogens with two attached hydrogens (primary N) is 1. The van der Waals surface area contributed by atoms with Gasteiger partial charge in [0.2, 0.25) is 39.5 Å². The first-order valence-corrected chi connectivity index (χ1v) is 13.1. The minimum Gasteiger partial charge on any atom is -0.368 e. The number of hydrogen-bond acceptors (Lipinski definition) is 10. The molecule has 0 unspecified atom stereocenters. The van der Waals surface area contributed by atoms with Crippen LogP contribution in [-0.4, -0.2) is 63.2 Å². The first kappa shape index (κ1) is 22.7. The van der Waals surface area contributed by atoms with E-state index in [9.17, 15) is 8.42 Å². The summed E-state index contributed by atoms with van der Waals surface area (Å²) in [5, 5.41) is 3.84. The molecule has 0 bridgehead atoms. The van der Waals surface area contributed by atoms with Gasteiger partial charge in [-0.2, -0.15) is 19.9 Å². The average molecular weight is 485 g/mol. The quantitative estimate of drug-likeness (QED) is 0.554. The molecule has 34 heavy (non-hydrogen) atoms. The van der Waals surface area contributed by atoms with E-state index in [1.165, 1.54) is 0 Å². The van der Waals surface area contributed by atoms with Gasteiger partial charge >= 0.3 is 0 Å². The molecule has 180 valence electrons. The third kappa shape index (κ3) is 4.47. The Morgan fingerprint density at radius 3 is 2.38 bits per heavy atom. The molecule has 1 saturated heterocycles. The summed E-state index contributed by atoms with van der Waals surface area (Å²) in [5.41, 5.74) is 6.83. The van der Waals surface area contributed by atoms with Crippen LogP contribution < -0.4 is 10.6 Å². The van der Waals surface area contributed by atoms with Gasteiger partial charge in [-0.25, -0.2) is 12.7 Å². The Labute approximate surface area is 198 Å². The second kappa shape index (κ2) is 9.26. The van der Waals surface area contributed by atoms with Crippen LogP contribution in [0.2, 0.25) is 0 Å². The summed E-state index contributed by atoms with van der Waals surface area (Å²) < 4.78 is 32.9. The Bertz CT molecular complexity index is 1240. The zero-order valence-electron chi connectivity index (χ0n) is 19.0. The molecule has 0 atom stereocenters. The Morgan fingerprint density at radius 1 is 0.971 bits per heavy atom. The number of nitrogens with zero attached hydrogens (tertiary/aromatic N) is 7. The third-order valence-electron chi connectivity index (χ3n) is 6.61. The van der Waals surface area contributed by atoms with Crippen LogP contribution in [0.1, 0.15) is 50.3 Å². The lowest BCUT2D eigenvalue weighted by Gasteiger charge is -2.31. The lowest BCUT2D eigenvalue weighted by molar-refractivity contribution is 0.269. The summed E-state index contributed by atoms with van der Waals surface area (Å²) in [6, 6.07) is 9.65. The van der Waals surface area contributed by atoms with Crippen LogP contribution in [0.5, 0.6) is 0 Å². The average Bonchev–Trinajstić information content (AvgIpc) is 3.57. The van der Waals surface area contributed by atoms with Gasteiger partial charge in [-0.3, -0.25) is 0 Å². The largest absolute Gasteiger partial charge is 0.368 e. The Hall–Kier alpha value is -3.12. The summed E-state index contributed by atoms with van der Waals surface area (Å²) in [6.07, 6.45) is 4.80. The van der Waals surface area contributed by atoms with Crippen molar-refractivity contribution >= 4 is 27.6 Å². The highest BCUT2D eigenvalue weighted by Crippen LogP contribution is 2.33. The number of rotatable bonds is 6. The zero-order chi connectivity index (χ0) is 23.7. The molecule has 12 heteroatoms. The van der Waals surface area contributed by atoms with Crippen LogP contribution in [0.3, 0.4) is 0 Å². The molecule has 0 radical (unpaired) electrons. The van der Waals surface area contributed by atoms with E-state index in [2.05, 4.69) is 25.1 Å². The van der Waals surface area contributed by atoms with Gasteiger partial charge in [0, 0.05) is 31.7 Å². The van der Waals surface area contributed by atoms with Crippen molar-refractivity contribution < 1.29 is 12.9 Å². The van der Waals surface area contributed by atoms with Crippen molar-refractivity contribution in [2.45, 2.75) is 49.7 Å². The maximum absolute atomic E-state index is 12.9. The molecular formula is C22H28N8O3S. The fourth-order valence-corrected chi connectivity index (χ4v) is 6.71. The second-order valence-electron chi connectivity index (χ2n) is 8.79. The molecule has 2 fully saturated rings. The van der Waals surface area contributed by atoms with E-state index in [0.29, 0.717) is 37.8 Å². The normalized spacial score (nSPS) is 18.4. The molecule has 3 aromatic rings. The molecule has 0 spiro atoms. The fourth-order valence-electron chi connectivity index (χ4n) is 4.64. The van der Waals surface area contributed by atoms with Gasteiger partial charge < -0.3 is 15.2 Å². The first-order valence-electron chi connectivity index (χ1n) is 11.5. The maximum Gasteiger partial charge on any atom is 0.240 e. The topological polar surface area (TPSA) is 144 Å². The van der Waals surface area contributed by atoms with E-state index in [0.717, 1.165) is 31.4 Å². The van der Waals surface area contributed by atoms with Crippen molar-refractivity contribution in [2.24, 2.45) is 0 Å². The van der Waals surface area contributed by atoms with Crippen molar-refractivity contribution in [3.8, 4) is 11.6 Å². The van der Waals surface area contributed by atoms with Crippen molar-refractivity contribution in [3.63, 3.8) is 0 Å². The summed E-state index contributed by atoms with van der Waals surface area (Å²) in [7, 11) is -1.39. The number of para-hydroxylation sites is 1. The molecule has 1 aliphatic carbocycles. The maximum atomic E-state index is 12.9. The molecule has 2 aliphatic rings. The molecular weight excluding hydrogens is 456 g/mol. The lowest BCUT2D eigenvalue weighted by atomic mass is 9.98. The second-order valence-corrected chi connectivity index (χ2v) is 11.0. The van der Waals surface area contributed by atoms with Gasteiger partial charge in [-0.05, 0) is 37.8 Å². The smallest absolute Gasteiger partial charge is 0.240 e. The minimum atomic E-state index is -3.22. The Kier molecular flexibility index (Phi) is 6.17. The van der Waals surface area contributed by atoms with Crippen LogP contribution in [0.15, 0.2) is 34.9 Å². The summed E-state index contributed by atoms with van der Waals surface area (Å²) >= 11 is 0. The predicted molar refractivity (Wildman–Crippen MR) is 127 cm³/mol. The van der Waals surface area contributed by atoms with Gasteiger partial charge in [0.25, 0.3) is 0 Å². The van der Waals surface area contributed by atoms with E-state index in [-0.39, 0.29) is 28.8 Å². The summed E-state index contributed by atoms with van der Waals surface area (Å²) in [5.74, 6) is 1.33. The van der Waals surface area contributed by atoms with Gasteiger partial charge in [-0.15, -0.1) is 0 Å². The third-order valence-corrected chi connectivity index (χ3v) is 9.01. The lowest BCUT2D eigenvalue weighted by Crippen LogP contribution is -2.42. The highest BCUT2D eigenvalue weighted by Gasteiger charge is 2.37. The number of hydrogen-bond donors (Lipinski definition) is 1. The molecule has 11 nitrogen and oxygen atoms in total. The van der Waals surface area contributed by atoms with Crippen LogP contribution in [0.25, 0.3) is 11.6 Å². The highest BCUT2D eigenvalue weighted by molar-refractivity contribution is 7.89. The molecule has 2 N–H and O–H groups in total. The van der Waals surface area contributed by atoms with E-state index in [1.807, 2.05) is 37.4 Å². The van der Waals surface area contributed by atoms with Crippen LogP contribution in [0.4, 0.5) is 17.6 Å². The molecule has 1 saturated carbocycles. The molecule has 3 heterocycles.